The molecule has 0 bridgehead atoms. The number of methoxy groups -OCH3 is 3. The van der Waals surface area contributed by atoms with Crippen molar-refractivity contribution >= 4 is 5.91 Å². The van der Waals surface area contributed by atoms with Gasteiger partial charge in [0.15, 0.2) is 11.5 Å². The van der Waals surface area contributed by atoms with Crippen molar-refractivity contribution < 1.29 is 23.5 Å². The molecule has 0 radical (unpaired) electrons. The number of benzene rings is 2. The van der Waals surface area contributed by atoms with E-state index in [0.717, 1.165) is 31.4 Å². The molecule has 8 nitrogen and oxygen atoms in total. The van der Waals surface area contributed by atoms with Crippen LogP contribution in [-0.2, 0) is 17.6 Å². The van der Waals surface area contributed by atoms with Gasteiger partial charge in [0.2, 0.25) is 23.4 Å². The molecule has 1 amide bonds. The third kappa shape index (κ3) is 6.50. The fourth-order valence-corrected chi connectivity index (χ4v) is 3.68. The summed E-state index contributed by atoms with van der Waals surface area (Å²) in [5.41, 5.74) is 1.85. The summed E-state index contributed by atoms with van der Waals surface area (Å²) in [6, 6.07) is 13.6. The Balaban J connectivity index is 1.67. The van der Waals surface area contributed by atoms with E-state index >= 15 is 0 Å². The molecule has 0 aliphatic heterocycles. The van der Waals surface area contributed by atoms with Crippen LogP contribution in [0.1, 0.15) is 37.6 Å². The van der Waals surface area contributed by atoms with Gasteiger partial charge < -0.3 is 23.6 Å². The van der Waals surface area contributed by atoms with Crippen molar-refractivity contribution in [1.29, 1.82) is 0 Å². The van der Waals surface area contributed by atoms with E-state index in [-0.39, 0.29) is 5.91 Å². The van der Waals surface area contributed by atoms with Crippen molar-refractivity contribution in [2.75, 3.05) is 34.4 Å². The largest absolute Gasteiger partial charge is 0.493 e. The van der Waals surface area contributed by atoms with Gasteiger partial charge in [0, 0.05) is 31.5 Å². The average Bonchev–Trinajstić information content (AvgIpc) is 3.36. The van der Waals surface area contributed by atoms with Crippen LogP contribution < -0.4 is 14.2 Å². The molecule has 0 aliphatic carbocycles. The van der Waals surface area contributed by atoms with Crippen molar-refractivity contribution in [3.8, 4) is 28.6 Å². The summed E-state index contributed by atoms with van der Waals surface area (Å²) in [6.07, 6.45) is 3.67. The van der Waals surface area contributed by atoms with Gasteiger partial charge in [-0.2, -0.15) is 4.98 Å². The van der Waals surface area contributed by atoms with E-state index in [1.165, 1.54) is 0 Å². The summed E-state index contributed by atoms with van der Waals surface area (Å²) in [5.74, 6) is 2.56. The van der Waals surface area contributed by atoms with Crippen LogP contribution >= 0.6 is 0 Å². The van der Waals surface area contributed by atoms with Crippen molar-refractivity contribution in [2.24, 2.45) is 0 Å². The molecule has 0 atom stereocenters. The predicted octanol–water partition coefficient (Wildman–Crippen LogP) is 4.57. The van der Waals surface area contributed by atoms with Crippen LogP contribution in [0.4, 0.5) is 0 Å². The van der Waals surface area contributed by atoms with Crippen LogP contribution in [-0.4, -0.2) is 55.4 Å². The monoisotopic (exact) mass is 467 g/mol. The second-order valence-corrected chi connectivity index (χ2v) is 7.90. The molecular weight excluding hydrogens is 434 g/mol. The second-order valence-electron chi connectivity index (χ2n) is 7.90. The second kappa shape index (κ2) is 12.6. The van der Waals surface area contributed by atoms with E-state index in [1.807, 2.05) is 35.2 Å². The molecule has 0 spiro atoms. The normalized spacial score (nSPS) is 10.7. The first-order chi connectivity index (χ1) is 16.6. The van der Waals surface area contributed by atoms with Gasteiger partial charge in [-0.05, 0) is 30.5 Å². The smallest absolute Gasteiger partial charge is 0.228 e. The zero-order valence-corrected chi connectivity index (χ0v) is 20.4. The van der Waals surface area contributed by atoms with E-state index in [0.29, 0.717) is 53.9 Å². The van der Waals surface area contributed by atoms with E-state index < -0.39 is 0 Å². The maximum absolute atomic E-state index is 12.9. The predicted molar refractivity (Wildman–Crippen MR) is 129 cm³/mol. The molecule has 1 aromatic heterocycles. The maximum Gasteiger partial charge on any atom is 0.228 e. The topological polar surface area (TPSA) is 86.9 Å². The van der Waals surface area contributed by atoms with Crippen LogP contribution in [0.5, 0.6) is 17.2 Å². The molecule has 182 valence electrons. The van der Waals surface area contributed by atoms with Gasteiger partial charge in [0.05, 0.1) is 21.3 Å². The number of hydrogen-bond acceptors (Lipinski definition) is 7. The summed E-state index contributed by atoms with van der Waals surface area (Å²) < 4.78 is 21.7. The minimum atomic E-state index is 0.140. The molecule has 0 saturated carbocycles. The lowest BCUT2D eigenvalue weighted by Crippen LogP contribution is -2.34. The molecule has 0 fully saturated rings. The number of carbonyl (C=O) groups is 1. The molecule has 0 unspecified atom stereocenters. The van der Waals surface area contributed by atoms with Gasteiger partial charge in [-0.25, -0.2) is 0 Å². The average molecular weight is 468 g/mol. The van der Waals surface area contributed by atoms with Crippen LogP contribution in [0.25, 0.3) is 11.4 Å². The number of nitrogens with zero attached hydrogens (tertiary/aromatic N) is 3. The van der Waals surface area contributed by atoms with E-state index in [4.69, 9.17) is 18.7 Å². The highest BCUT2D eigenvalue weighted by atomic mass is 16.5. The summed E-state index contributed by atoms with van der Waals surface area (Å²) in [6.45, 7) is 3.37. The third-order valence-electron chi connectivity index (χ3n) is 5.59. The van der Waals surface area contributed by atoms with Gasteiger partial charge in [-0.3, -0.25) is 4.79 Å². The zero-order valence-electron chi connectivity index (χ0n) is 20.4. The molecule has 0 N–H and O–H groups in total. The Hall–Kier alpha value is -3.55. The number of rotatable bonds is 13. The Labute approximate surface area is 200 Å². The van der Waals surface area contributed by atoms with E-state index in [1.54, 1.807) is 33.5 Å². The van der Waals surface area contributed by atoms with Crippen LogP contribution in [0.15, 0.2) is 47.0 Å². The quantitative estimate of drug-likeness (QED) is 0.364. The molecular formula is C26H33N3O5. The molecule has 2 aromatic carbocycles. The Morgan fingerprint density at radius 2 is 1.68 bits per heavy atom. The first kappa shape index (κ1) is 25.1. The Bertz CT molecular complexity index is 1030. The lowest BCUT2D eigenvalue weighted by molar-refractivity contribution is -0.131. The zero-order chi connectivity index (χ0) is 24.3. The van der Waals surface area contributed by atoms with Crippen molar-refractivity contribution in [1.82, 2.24) is 15.0 Å². The standard InChI is InChI=1S/C26H33N3O5/c1-5-6-15-29(24(30)13-12-19-10-8-7-9-11-19)16-14-23-27-26(28-34-23)20-17-21(31-2)25(33-4)22(18-20)32-3/h7-11,17-18H,5-6,12-16H2,1-4H3. The molecule has 0 aliphatic rings. The highest BCUT2D eigenvalue weighted by Crippen LogP contribution is 2.40. The molecule has 1 heterocycles. The first-order valence-electron chi connectivity index (χ1n) is 11.5. The Morgan fingerprint density at radius 3 is 2.29 bits per heavy atom. The number of ether oxygens (including phenoxy) is 3. The number of aromatic nitrogens is 2. The highest BCUT2D eigenvalue weighted by Gasteiger charge is 2.19. The van der Waals surface area contributed by atoms with Crippen molar-refractivity contribution in [2.45, 2.75) is 39.0 Å². The number of amides is 1. The highest BCUT2D eigenvalue weighted by molar-refractivity contribution is 5.76. The summed E-state index contributed by atoms with van der Waals surface area (Å²) >= 11 is 0. The van der Waals surface area contributed by atoms with Crippen LogP contribution in [0.3, 0.4) is 0 Å². The Morgan fingerprint density at radius 1 is 0.971 bits per heavy atom. The summed E-state index contributed by atoms with van der Waals surface area (Å²) in [7, 11) is 4.67. The van der Waals surface area contributed by atoms with Crippen LogP contribution in [0, 0.1) is 0 Å². The maximum atomic E-state index is 12.9. The lowest BCUT2D eigenvalue weighted by Gasteiger charge is -2.22. The molecule has 3 rings (SSSR count). The van der Waals surface area contributed by atoms with E-state index in [9.17, 15) is 4.79 Å². The molecule has 34 heavy (non-hydrogen) atoms. The number of carbonyl (C=O) groups excluding carboxylic acids is 1. The number of aryl methyl sites for hydroxylation is 1. The SMILES string of the molecule is CCCCN(CCc1nc(-c2cc(OC)c(OC)c(OC)c2)no1)C(=O)CCc1ccccc1. The molecule has 3 aromatic rings. The molecule has 8 heteroatoms. The Kier molecular flexibility index (Phi) is 9.31. The van der Waals surface area contributed by atoms with Crippen molar-refractivity contribution in [3.63, 3.8) is 0 Å². The van der Waals surface area contributed by atoms with E-state index in [2.05, 4.69) is 17.1 Å². The van der Waals surface area contributed by atoms with Crippen molar-refractivity contribution in [3.05, 3.63) is 53.9 Å². The third-order valence-corrected chi connectivity index (χ3v) is 5.59. The first-order valence-corrected chi connectivity index (χ1v) is 11.5. The van der Waals surface area contributed by atoms with Gasteiger partial charge in [-0.1, -0.05) is 48.8 Å². The number of hydrogen-bond donors (Lipinski definition) is 0. The fraction of sp³-hybridized carbons (Fsp3) is 0.423. The number of unbranched alkanes of at least 4 members (excludes halogenated alkanes) is 1. The van der Waals surface area contributed by atoms with Crippen LogP contribution in [0.2, 0.25) is 0 Å². The summed E-state index contributed by atoms with van der Waals surface area (Å²) in [5, 5.41) is 4.11. The van der Waals surface area contributed by atoms with Gasteiger partial charge in [-0.15, -0.1) is 0 Å². The minimum Gasteiger partial charge on any atom is -0.493 e. The lowest BCUT2D eigenvalue weighted by atomic mass is 10.1. The van der Waals surface area contributed by atoms with Gasteiger partial charge in [0.25, 0.3) is 0 Å². The van der Waals surface area contributed by atoms with Gasteiger partial charge in [0.1, 0.15) is 0 Å². The molecule has 0 saturated heterocycles. The minimum absolute atomic E-state index is 0.140. The summed E-state index contributed by atoms with van der Waals surface area (Å²) in [4.78, 5) is 19.3. The van der Waals surface area contributed by atoms with Gasteiger partial charge >= 0.3 is 0 Å². The fourth-order valence-electron chi connectivity index (χ4n) is 3.68.